The van der Waals surface area contributed by atoms with E-state index in [0.717, 1.165) is 77.4 Å². The van der Waals surface area contributed by atoms with E-state index in [9.17, 15) is 0 Å². The van der Waals surface area contributed by atoms with Crippen molar-refractivity contribution in [2.45, 2.75) is 61.7 Å². The molecule has 14 aromatic rings. The van der Waals surface area contributed by atoms with Gasteiger partial charge in [0.25, 0.3) is 0 Å². The molecule has 562 valence electrons. The van der Waals surface area contributed by atoms with Gasteiger partial charge in [-0.05, 0) is 263 Å². The van der Waals surface area contributed by atoms with Gasteiger partial charge in [-0.25, -0.2) is 9.98 Å². The lowest BCUT2D eigenvalue weighted by atomic mass is 9.97. The van der Waals surface area contributed by atoms with Crippen LogP contribution < -0.4 is 22.5 Å². The molecule has 4 aliphatic rings. The van der Waals surface area contributed by atoms with Crippen LogP contribution in [0, 0.1) is 10.8 Å². The van der Waals surface area contributed by atoms with Crippen molar-refractivity contribution < 1.29 is 8.83 Å². The molecule has 0 amide bonds. The molecule has 6 aromatic carbocycles. The monoisotopic (exact) mass is 1530 g/mol. The summed E-state index contributed by atoms with van der Waals surface area (Å²) in [5, 5.41) is 29.0. The molecule has 109 heavy (non-hydrogen) atoms. The number of nitrogens with zero attached hydrogens (tertiary/aromatic N) is 6. The average Bonchev–Trinajstić information content (AvgIpc) is 1.67. The number of aromatic nitrogens is 4. The van der Waals surface area contributed by atoms with Gasteiger partial charge in [0.1, 0.15) is 15.9 Å². The molecule has 18 rings (SSSR count). The highest BCUT2D eigenvalue weighted by atomic mass is 32.2. The van der Waals surface area contributed by atoms with E-state index in [0.29, 0.717) is 57.0 Å². The highest BCUT2D eigenvalue weighted by molar-refractivity contribution is 8.14. The summed E-state index contributed by atoms with van der Waals surface area (Å²) in [7, 11) is 8.76. The molecule has 18 nitrogen and oxygen atoms in total. The van der Waals surface area contributed by atoms with Gasteiger partial charge < -0.3 is 70.9 Å². The first kappa shape index (κ1) is 77.0. The molecule has 0 aliphatic carbocycles. The summed E-state index contributed by atoms with van der Waals surface area (Å²) in [5.41, 5.74) is 34.7. The smallest absolute Gasteiger partial charge is 0.168 e. The maximum Gasteiger partial charge on any atom is 0.168 e. The molecular formula is C87H98N16O2S4. The third-order valence-electron chi connectivity index (χ3n) is 20.5. The van der Waals surface area contributed by atoms with Crippen molar-refractivity contribution in [3.63, 3.8) is 0 Å². The maximum absolute atomic E-state index is 7.76. The van der Waals surface area contributed by atoms with Gasteiger partial charge in [0.05, 0.1) is 33.7 Å². The number of thiophene rings is 2. The highest BCUT2D eigenvalue weighted by Gasteiger charge is 2.27. The summed E-state index contributed by atoms with van der Waals surface area (Å²) < 4.78 is 10.4. The van der Waals surface area contributed by atoms with Crippen LogP contribution in [-0.2, 0) is 12.3 Å². The number of aliphatic imine (C=N–C) groups is 2. The minimum Gasteiger partial charge on any atom is -0.462 e. The van der Waals surface area contributed by atoms with Gasteiger partial charge in [0, 0.05) is 118 Å². The van der Waals surface area contributed by atoms with Crippen molar-refractivity contribution >= 4 is 134 Å². The minimum absolute atomic E-state index is 0.395. The number of amidine groups is 2. The number of thioether (sulfide) groups is 2. The number of nitrogens with one attached hydrogen (secondary N) is 7. The van der Waals surface area contributed by atoms with Crippen molar-refractivity contribution in [2.75, 3.05) is 97.9 Å². The minimum atomic E-state index is 0.395. The van der Waals surface area contributed by atoms with E-state index in [1.807, 2.05) is 89.8 Å². The first-order valence-electron chi connectivity index (χ1n) is 37.1. The van der Waals surface area contributed by atoms with Crippen LogP contribution in [0.5, 0.6) is 0 Å². The Bertz CT molecular complexity index is 5110. The summed E-state index contributed by atoms with van der Waals surface area (Å²) in [6.45, 7) is 10.1. The van der Waals surface area contributed by atoms with Gasteiger partial charge in [0.2, 0.25) is 0 Å². The zero-order valence-electron chi connectivity index (χ0n) is 62.5. The molecule has 4 fully saturated rings. The molecule has 4 atom stereocenters. The number of aromatic amines is 4. The van der Waals surface area contributed by atoms with Crippen molar-refractivity contribution in [3.05, 3.63) is 285 Å². The standard InChI is InChI=1S/C20H23N3.C18H20N4O.C18H20N4S.C13H17N3.C12H11NOS.C6H7NS2/c1-23-10-9-16(14-23)19-13-22-20-8-7-17(11-18(19)20)21-12-15-5-3-2-4-6-15;2*1-22-7-6-12(11-22)15-10-20-16-5-4-13(9-14(15)16)21-18(19)17-3-2-8-23-17;1-16-5-4-9(8-16)12-7-15-13-3-2-10(14)6-11(12)13;13-12(11-7-4-8-14-11)15-9-10-5-2-1-3-6-10;1-8-6(7)5-3-2-4-9-5/h2-8,11,13,16,21-22H,9-10,12,14H2,1H3;2*2-5,8-10,12,20H,6-7,11H2,1H3,(H2,19,21);2-3,6-7,9,15H,4-5,8,14H2,1H3;1-8,13H,9H2;2-4,7H,1H3. The number of likely N-dealkylation sites (tertiary alicyclic amines) is 4. The fraction of sp³-hybridized carbons (Fsp3) is 0.264. The lowest BCUT2D eigenvalue weighted by Crippen LogP contribution is -2.13. The van der Waals surface area contributed by atoms with Gasteiger partial charge in [-0.15, -0.1) is 34.4 Å². The number of nitrogen functional groups attached to an aromatic ring is 1. The molecule has 12 heterocycles. The number of hydrogen-bond donors (Lipinski definition) is 10. The number of hydrogen-bond acceptors (Lipinski definition) is 16. The van der Waals surface area contributed by atoms with Crippen LogP contribution in [0.2, 0.25) is 0 Å². The third kappa shape index (κ3) is 20.4. The third-order valence-corrected chi connectivity index (χ3v) is 24.0. The molecule has 0 bridgehead atoms. The van der Waals surface area contributed by atoms with Gasteiger partial charge in [-0.2, -0.15) is 0 Å². The largest absolute Gasteiger partial charge is 0.462 e. The van der Waals surface area contributed by atoms with Gasteiger partial charge in [0.15, 0.2) is 17.4 Å². The lowest BCUT2D eigenvalue weighted by molar-refractivity contribution is 0.412. The quantitative estimate of drug-likeness (QED) is 0.0261. The number of likely N-dealkylation sites (N-methyl/N-ethyl adjacent to an activating group) is 4. The van der Waals surface area contributed by atoms with Crippen molar-refractivity contribution in [1.82, 2.24) is 39.5 Å². The zero-order valence-corrected chi connectivity index (χ0v) is 65.8. The predicted octanol–water partition coefficient (Wildman–Crippen LogP) is 19.2. The Morgan fingerprint density at radius 3 is 1.35 bits per heavy atom. The summed E-state index contributed by atoms with van der Waals surface area (Å²) in [5.74, 6) is 5.49. The summed E-state index contributed by atoms with van der Waals surface area (Å²) >= 11 is 6.18. The molecule has 4 aliphatic heterocycles. The molecule has 0 saturated carbocycles. The molecule has 4 unspecified atom stereocenters. The van der Waals surface area contributed by atoms with Crippen molar-refractivity contribution in [3.8, 4) is 0 Å². The number of nitrogens with two attached hydrogens (primary N) is 3. The molecule has 13 N–H and O–H groups in total. The number of rotatable bonds is 15. The maximum atomic E-state index is 7.76. The zero-order chi connectivity index (χ0) is 75.6. The van der Waals surface area contributed by atoms with E-state index in [1.165, 1.54) is 146 Å². The van der Waals surface area contributed by atoms with E-state index in [2.05, 4.69) is 205 Å². The number of fused-ring (bicyclic) bond motifs is 4. The topological polar surface area (TPSA) is 265 Å². The Hall–Kier alpha value is -10.1. The summed E-state index contributed by atoms with van der Waals surface area (Å²) in [6.07, 6.45) is 18.7. The summed E-state index contributed by atoms with van der Waals surface area (Å²) in [6, 6.07) is 60.9. The van der Waals surface area contributed by atoms with Crippen LogP contribution in [0.15, 0.2) is 249 Å². The fourth-order valence-electron chi connectivity index (χ4n) is 14.7. The Morgan fingerprint density at radius 2 is 0.908 bits per heavy atom. The summed E-state index contributed by atoms with van der Waals surface area (Å²) in [4.78, 5) is 34.3. The Labute approximate surface area is 654 Å². The number of anilines is 2. The second kappa shape index (κ2) is 37.3. The van der Waals surface area contributed by atoms with E-state index < -0.39 is 0 Å². The highest BCUT2D eigenvalue weighted by Crippen LogP contribution is 2.38. The second-order valence-electron chi connectivity index (χ2n) is 28.4. The average molecular weight is 1530 g/mol. The molecule has 22 heteroatoms. The molecule has 4 saturated heterocycles. The van der Waals surface area contributed by atoms with Crippen LogP contribution in [0.25, 0.3) is 43.6 Å². The van der Waals surface area contributed by atoms with Crippen LogP contribution in [0.1, 0.15) is 104 Å². The SMILES string of the molecule is CN1CCC(c2c[nH]c3ccc(N)cc23)C1.CN1CCC(c2c[nH]c3ccc(N=C(N)c4ccco4)cc23)C1.CN1CCC(c2c[nH]c3ccc(N=C(N)c4cccs4)cc23)C1.CN1CCC(c2c[nH]c3ccc(NCc4ccccc4)cc23)C1.CSC(=N)c1cccs1.N=C(SCc1ccccc1)c1ccco1. The molecule has 0 spiro atoms. The number of benzene rings is 6. The predicted molar refractivity (Wildman–Crippen MR) is 463 cm³/mol. The van der Waals surface area contributed by atoms with Crippen molar-refractivity contribution in [2.24, 2.45) is 21.5 Å². The van der Waals surface area contributed by atoms with Crippen molar-refractivity contribution in [1.29, 1.82) is 10.8 Å². The van der Waals surface area contributed by atoms with Crippen LogP contribution in [-0.4, -0.2) is 148 Å². The van der Waals surface area contributed by atoms with E-state index in [1.54, 1.807) is 47.3 Å². The Balaban J connectivity index is 0.000000118. The van der Waals surface area contributed by atoms with Gasteiger partial charge in [-0.3, -0.25) is 10.8 Å². The van der Waals surface area contributed by atoms with E-state index in [-0.39, 0.29) is 0 Å². The normalized spacial score (nSPS) is 17.6. The van der Waals surface area contributed by atoms with Gasteiger partial charge in [-0.1, -0.05) is 84.6 Å². The molecule has 0 radical (unpaired) electrons. The Kier molecular flexibility index (Phi) is 26.4. The second-order valence-corrected chi connectivity index (χ2v) is 32.1. The number of H-pyrrole nitrogens is 4. The van der Waals surface area contributed by atoms with Gasteiger partial charge >= 0.3 is 0 Å². The van der Waals surface area contributed by atoms with Crippen LogP contribution in [0.4, 0.5) is 22.7 Å². The molecule has 8 aromatic heterocycles. The lowest BCUT2D eigenvalue weighted by Gasteiger charge is -2.11. The fourth-order valence-corrected chi connectivity index (χ4v) is 17.3. The first-order valence-corrected chi connectivity index (χ1v) is 41.0. The number of furan rings is 2. The van der Waals surface area contributed by atoms with Crippen LogP contribution >= 0.6 is 46.2 Å². The van der Waals surface area contributed by atoms with Crippen LogP contribution in [0.3, 0.4) is 0 Å². The first-order chi connectivity index (χ1) is 53.1. The Morgan fingerprint density at radius 1 is 0.477 bits per heavy atom. The van der Waals surface area contributed by atoms with E-state index in [4.69, 9.17) is 36.9 Å². The van der Waals surface area contributed by atoms with E-state index >= 15 is 0 Å². The molecular weight excluding hydrogens is 1430 g/mol.